The summed E-state index contributed by atoms with van der Waals surface area (Å²) in [6.45, 7) is 6.72. The van der Waals surface area contributed by atoms with Crippen LogP contribution in [0, 0.1) is 0 Å². The number of hydrogen-bond acceptors (Lipinski definition) is 5. The molecule has 0 saturated heterocycles. The molecule has 0 radical (unpaired) electrons. The molecule has 0 aliphatic heterocycles. The molecule has 0 aliphatic carbocycles. The average Bonchev–Trinajstić information content (AvgIpc) is 3.18. The van der Waals surface area contributed by atoms with Crippen molar-refractivity contribution < 1.29 is 20.1 Å². The first kappa shape index (κ1) is 22.6. The Hall–Kier alpha value is -1.66. The second-order valence-corrected chi connectivity index (χ2v) is 8.22. The number of benzene rings is 1. The second-order valence-electron chi connectivity index (χ2n) is 7.05. The number of ether oxygens (including phenoxy) is 1. The van der Waals surface area contributed by atoms with Crippen LogP contribution in [0.3, 0.4) is 0 Å². The van der Waals surface area contributed by atoms with E-state index in [4.69, 9.17) is 14.9 Å². The van der Waals surface area contributed by atoms with Crippen LogP contribution < -0.4 is 4.74 Å². The third-order valence-corrected chi connectivity index (χ3v) is 6.37. The van der Waals surface area contributed by atoms with E-state index in [-0.39, 0.29) is 0 Å². The van der Waals surface area contributed by atoms with E-state index in [2.05, 4.69) is 25.1 Å². The van der Waals surface area contributed by atoms with Gasteiger partial charge in [0.25, 0.3) is 0 Å². The lowest BCUT2D eigenvalue weighted by Crippen LogP contribution is -2.25. The summed E-state index contributed by atoms with van der Waals surface area (Å²) in [5.41, 5.74) is 1.21. The Morgan fingerprint density at radius 1 is 1.07 bits per heavy atom. The summed E-state index contributed by atoms with van der Waals surface area (Å²) in [6, 6.07) is 11.0. The van der Waals surface area contributed by atoms with Crippen LogP contribution in [0.2, 0.25) is 0 Å². The zero-order valence-electron chi connectivity index (χ0n) is 17.0. The zero-order valence-corrected chi connectivity index (χ0v) is 17.8. The van der Waals surface area contributed by atoms with Crippen molar-refractivity contribution in [2.75, 3.05) is 0 Å². The number of hydrogen-bond donors (Lipinski definition) is 3. The van der Waals surface area contributed by atoms with Gasteiger partial charge < -0.3 is 20.1 Å². The highest BCUT2D eigenvalue weighted by molar-refractivity contribution is 7.13. The highest BCUT2D eigenvalue weighted by Crippen LogP contribution is 2.29. The Labute approximate surface area is 172 Å². The number of rotatable bonds is 11. The van der Waals surface area contributed by atoms with E-state index in [1.54, 1.807) is 35.6 Å². The van der Waals surface area contributed by atoms with E-state index in [0.717, 1.165) is 37.0 Å². The highest BCUT2D eigenvalue weighted by Gasteiger charge is 2.20. The van der Waals surface area contributed by atoms with E-state index >= 15 is 0 Å². The van der Waals surface area contributed by atoms with Crippen molar-refractivity contribution in [1.82, 2.24) is 0 Å². The van der Waals surface area contributed by atoms with Crippen LogP contribution in [-0.2, 0) is 6.61 Å². The summed E-state index contributed by atoms with van der Waals surface area (Å²) in [7, 11) is 0. The van der Waals surface area contributed by atoms with Gasteiger partial charge >= 0.3 is 0 Å². The zero-order chi connectivity index (χ0) is 20.6. The van der Waals surface area contributed by atoms with Crippen molar-refractivity contribution in [3.8, 4) is 5.75 Å². The fraction of sp³-hybridized carbons (Fsp3) is 0.478. The van der Waals surface area contributed by atoms with E-state index < -0.39 is 11.9 Å². The summed E-state index contributed by atoms with van der Waals surface area (Å²) in [4.78, 5) is 2.38. The van der Waals surface area contributed by atoms with Gasteiger partial charge in [0.2, 0.25) is 0 Å². The largest absolute Gasteiger partial charge is 0.488 e. The fourth-order valence-corrected chi connectivity index (χ4v) is 4.09. The molecule has 2 rings (SSSR count). The van der Waals surface area contributed by atoms with Gasteiger partial charge in [0.1, 0.15) is 12.4 Å². The molecule has 0 atom stereocenters. The second kappa shape index (κ2) is 10.8. The average molecular weight is 405 g/mol. The normalized spacial score (nSPS) is 12.6. The highest BCUT2D eigenvalue weighted by atomic mass is 32.1. The number of aliphatic hydroxyl groups is 3. The van der Waals surface area contributed by atoms with E-state index in [0.29, 0.717) is 17.9 Å². The van der Waals surface area contributed by atoms with Crippen LogP contribution >= 0.6 is 11.3 Å². The minimum Gasteiger partial charge on any atom is -0.488 e. The summed E-state index contributed by atoms with van der Waals surface area (Å²) in [6.07, 6.45) is 5.01. The molecule has 3 N–H and O–H groups in total. The maximum absolute atomic E-state index is 10.4. The summed E-state index contributed by atoms with van der Waals surface area (Å²) in [5, 5.41) is 28.7. The van der Waals surface area contributed by atoms with Gasteiger partial charge in [-0.1, -0.05) is 39.0 Å². The van der Waals surface area contributed by atoms with Gasteiger partial charge in [0.15, 0.2) is 6.29 Å². The monoisotopic (exact) mass is 404 g/mol. The van der Waals surface area contributed by atoms with Gasteiger partial charge in [-0.2, -0.15) is 0 Å². The summed E-state index contributed by atoms with van der Waals surface area (Å²) >= 11 is 1.73. The van der Waals surface area contributed by atoms with Crippen LogP contribution in [0.5, 0.6) is 5.75 Å². The molecule has 0 fully saturated rings. The molecule has 0 amide bonds. The third kappa shape index (κ3) is 6.45. The fourth-order valence-electron chi connectivity index (χ4n) is 3.06. The molecule has 1 heterocycles. The molecular weight excluding hydrogens is 372 g/mol. The summed E-state index contributed by atoms with van der Waals surface area (Å²) in [5.74, 6) is 0.698. The van der Waals surface area contributed by atoms with Gasteiger partial charge in [0.05, 0.1) is 5.60 Å². The smallest absolute Gasteiger partial charge is 0.178 e. The van der Waals surface area contributed by atoms with Crippen molar-refractivity contribution in [3.63, 3.8) is 0 Å². The van der Waals surface area contributed by atoms with Crippen molar-refractivity contribution >= 4 is 16.9 Å². The molecule has 0 unspecified atom stereocenters. The molecule has 0 aliphatic rings. The van der Waals surface area contributed by atoms with Crippen molar-refractivity contribution in [1.29, 1.82) is 0 Å². The lowest BCUT2D eigenvalue weighted by molar-refractivity contribution is -0.0425. The third-order valence-electron chi connectivity index (χ3n) is 5.24. The van der Waals surface area contributed by atoms with E-state index in [1.165, 1.54) is 10.5 Å². The van der Waals surface area contributed by atoms with Crippen LogP contribution in [0.15, 0.2) is 42.5 Å². The molecule has 0 saturated carbocycles. The Morgan fingerprint density at radius 3 is 2.32 bits per heavy atom. The number of thiophene rings is 1. The van der Waals surface area contributed by atoms with Gasteiger partial charge in [-0.3, -0.25) is 0 Å². The van der Waals surface area contributed by atoms with Crippen LogP contribution in [-0.4, -0.2) is 20.9 Å². The first-order chi connectivity index (χ1) is 13.4. The molecule has 0 spiro atoms. The molecule has 4 nitrogen and oxygen atoms in total. The van der Waals surface area contributed by atoms with Gasteiger partial charge in [-0.15, -0.1) is 11.3 Å². The number of allylic oxidation sites excluding steroid dienone is 2. The Balaban J connectivity index is 1.94. The van der Waals surface area contributed by atoms with Gasteiger partial charge in [0, 0.05) is 15.3 Å². The predicted octanol–water partition coefficient (Wildman–Crippen LogP) is 5.44. The number of aliphatic hydroxyl groups excluding tert-OH is 1. The molecule has 0 bridgehead atoms. The van der Waals surface area contributed by atoms with Crippen molar-refractivity contribution in [2.24, 2.45) is 0 Å². The maximum atomic E-state index is 10.4. The predicted molar refractivity (Wildman–Crippen MR) is 115 cm³/mol. The minimum atomic E-state index is -1.46. The molecule has 1 aromatic carbocycles. The first-order valence-electron chi connectivity index (χ1n) is 10.00. The minimum absolute atomic E-state index is 0.446. The lowest BCUT2D eigenvalue weighted by atomic mass is 9.91. The van der Waals surface area contributed by atoms with Crippen LogP contribution in [0.1, 0.15) is 74.5 Å². The molecule has 5 heteroatoms. The lowest BCUT2D eigenvalue weighted by Gasteiger charge is -2.24. The first-order valence-corrected chi connectivity index (χ1v) is 10.8. The molecule has 154 valence electrons. The van der Waals surface area contributed by atoms with Crippen molar-refractivity contribution in [3.05, 3.63) is 57.8 Å². The summed E-state index contributed by atoms with van der Waals surface area (Å²) < 4.78 is 5.80. The SMILES string of the molecule is CCC(=CCCC(O)(CC)CC)c1ccc(COc2ccc(C(O)O)cc2)s1. The Bertz CT molecular complexity index is 742. The topological polar surface area (TPSA) is 69.9 Å². The van der Waals surface area contributed by atoms with Gasteiger partial charge in [-0.05, 0) is 61.9 Å². The van der Waals surface area contributed by atoms with Crippen molar-refractivity contribution in [2.45, 2.75) is 71.4 Å². The van der Waals surface area contributed by atoms with Gasteiger partial charge in [-0.25, -0.2) is 0 Å². The Kier molecular flexibility index (Phi) is 8.70. The molecule has 28 heavy (non-hydrogen) atoms. The van der Waals surface area contributed by atoms with E-state index in [1.807, 2.05) is 13.8 Å². The standard InChI is InChI=1S/C23H32O4S/c1-4-17(8-7-15-23(26,5-2)6-3)21-14-13-20(28-21)16-27-19-11-9-18(10-12-19)22(24)25/h8-14,22,24-26H,4-7,15-16H2,1-3H3. The molecule has 1 aromatic heterocycles. The van der Waals surface area contributed by atoms with E-state index in [9.17, 15) is 5.11 Å². The van der Waals surface area contributed by atoms with Crippen LogP contribution in [0.4, 0.5) is 0 Å². The molecular formula is C23H32O4S. The quantitative estimate of drug-likeness (QED) is 0.437. The van der Waals surface area contributed by atoms with Crippen LogP contribution in [0.25, 0.3) is 5.57 Å². The Morgan fingerprint density at radius 2 is 1.75 bits per heavy atom. The maximum Gasteiger partial charge on any atom is 0.178 e. The molecule has 2 aromatic rings.